The maximum atomic E-state index is 13.0. The second kappa shape index (κ2) is 7.62. The van der Waals surface area contributed by atoms with Gasteiger partial charge in [0, 0.05) is 19.0 Å². The number of benzene rings is 2. The molecule has 2 aromatic carbocycles. The number of amides is 1. The normalized spacial score (nSPS) is 12.6. The van der Waals surface area contributed by atoms with Crippen LogP contribution in [0.3, 0.4) is 0 Å². The number of hydrogen-bond acceptors (Lipinski definition) is 3. The van der Waals surface area contributed by atoms with Crippen LogP contribution in [0.25, 0.3) is 0 Å². The number of carbonyl (C=O) groups excluding carboxylic acids is 1. The Bertz CT molecular complexity index is 800. The Morgan fingerprint density at radius 1 is 1.08 bits per heavy atom. The molecule has 0 bridgehead atoms. The summed E-state index contributed by atoms with van der Waals surface area (Å²) in [5, 5.41) is 0. The molecular formula is C19H23NO3S. The molecule has 0 saturated carbocycles. The molecule has 1 atom stereocenters. The fourth-order valence-corrected chi connectivity index (χ4v) is 3.31. The summed E-state index contributed by atoms with van der Waals surface area (Å²) in [5.74, 6) is -0.596. The van der Waals surface area contributed by atoms with E-state index in [0.29, 0.717) is 0 Å². The van der Waals surface area contributed by atoms with Crippen molar-refractivity contribution in [3.8, 4) is 0 Å². The largest absolute Gasteiger partial charge is 0.315 e. The fourth-order valence-electron chi connectivity index (χ4n) is 2.65. The van der Waals surface area contributed by atoms with Gasteiger partial charge in [0.2, 0.25) is 5.91 Å². The summed E-state index contributed by atoms with van der Waals surface area (Å²) in [7, 11) is -1.40. The summed E-state index contributed by atoms with van der Waals surface area (Å²) >= 11 is 0. The second-order valence-electron chi connectivity index (χ2n) is 6.12. The van der Waals surface area contributed by atoms with E-state index >= 15 is 0 Å². The smallest absolute Gasteiger partial charge is 0.234 e. The molecule has 0 aliphatic carbocycles. The lowest BCUT2D eigenvalue weighted by atomic mass is 9.95. The first kappa shape index (κ1) is 18.2. The van der Waals surface area contributed by atoms with Gasteiger partial charge in [-0.25, -0.2) is 8.42 Å². The minimum atomic E-state index is -3.13. The molecule has 1 amide bonds. The van der Waals surface area contributed by atoms with Crippen LogP contribution >= 0.6 is 0 Å². The maximum absolute atomic E-state index is 13.0. The topological polar surface area (TPSA) is 54.5 Å². The number of hydrogen-bond donors (Lipinski definition) is 0. The average molecular weight is 345 g/mol. The zero-order valence-corrected chi connectivity index (χ0v) is 15.1. The molecule has 2 rings (SSSR count). The van der Waals surface area contributed by atoms with Gasteiger partial charge in [0.1, 0.15) is 9.84 Å². The van der Waals surface area contributed by atoms with Crippen LogP contribution in [0.15, 0.2) is 54.6 Å². The predicted molar refractivity (Wildman–Crippen MR) is 98.1 cm³/mol. The molecule has 5 heteroatoms. The zero-order chi connectivity index (χ0) is 17.7. The Kier molecular flexibility index (Phi) is 5.78. The predicted octanol–water partition coefficient (Wildman–Crippen LogP) is 3.18. The standard InChI is InChI=1S/C19H23NO3S/c1-15-8-7-11-17(14-15)20(2)19(21)18(12-13-24(3,22)23)16-9-5-4-6-10-16/h4-11,14,18H,12-13H2,1-3H3/t18-/m1/s1. The van der Waals surface area contributed by atoms with Crippen LogP contribution in [0.2, 0.25) is 0 Å². The average Bonchev–Trinajstić information content (AvgIpc) is 2.54. The molecule has 24 heavy (non-hydrogen) atoms. The van der Waals surface area contributed by atoms with Gasteiger partial charge in [0.25, 0.3) is 0 Å². The van der Waals surface area contributed by atoms with E-state index in [2.05, 4.69) is 0 Å². The first-order valence-electron chi connectivity index (χ1n) is 7.85. The van der Waals surface area contributed by atoms with E-state index in [9.17, 15) is 13.2 Å². The molecule has 0 aliphatic rings. The molecule has 0 radical (unpaired) electrons. The van der Waals surface area contributed by atoms with Crippen LogP contribution in [0.5, 0.6) is 0 Å². The lowest BCUT2D eigenvalue weighted by Crippen LogP contribution is -2.32. The van der Waals surface area contributed by atoms with Crippen molar-refractivity contribution in [2.45, 2.75) is 19.3 Å². The summed E-state index contributed by atoms with van der Waals surface area (Å²) in [5.41, 5.74) is 2.71. The van der Waals surface area contributed by atoms with Gasteiger partial charge in [-0.15, -0.1) is 0 Å². The zero-order valence-electron chi connectivity index (χ0n) is 14.3. The maximum Gasteiger partial charge on any atom is 0.234 e. The highest BCUT2D eigenvalue weighted by Gasteiger charge is 2.25. The number of likely N-dealkylation sites (N-methyl/N-ethyl adjacent to an activating group) is 1. The molecule has 0 fully saturated rings. The minimum Gasteiger partial charge on any atom is -0.315 e. The van der Waals surface area contributed by atoms with Crippen LogP contribution in [-0.4, -0.2) is 33.4 Å². The van der Waals surface area contributed by atoms with E-state index in [1.54, 1.807) is 11.9 Å². The first-order valence-corrected chi connectivity index (χ1v) is 9.91. The number of anilines is 1. The van der Waals surface area contributed by atoms with Crippen molar-refractivity contribution in [1.29, 1.82) is 0 Å². The van der Waals surface area contributed by atoms with E-state index < -0.39 is 15.8 Å². The first-order chi connectivity index (χ1) is 11.3. The molecule has 0 aliphatic heterocycles. The number of rotatable bonds is 6. The Morgan fingerprint density at radius 3 is 2.33 bits per heavy atom. The molecule has 0 heterocycles. The molecule has 128 valence electrons. The Morgan fingerprint density at radius 2 is 1.75 bits per heavy atom. The van der Waals surface area contributed by atoms with Crippen molar-refractivity contribution in [3.05, 3.63) is 65.7 Å². The number of carbonyl (C=O) groups is 1. The molecule has 2 aromatic rings. The van der Waals surface area contributed by atoms with E-state index in [1.807, 2.05) is 61.5 Å². The Hall–Kier alpha value is -2.14. The monoisotopic (exact) mass is 345 g/mol. The van der Waals surface area contributed by atoms with Crippen LogP contribution < -0.4 is 4.90 Å². The summed E-state index contributed by atoms with van der Waals surface area (Å²) in [6.45, 7) is 1.97. The van der Waals surface area contributed by atoms with Gasteiger partial charge in [0.15, 0.2) is 0 Å². The fraction of sp³-hybridized carbons (Fsp3) is 0.316. The summed E-state index contributed by atoms with van der Waals surface area (Å²) in [6.07, 6.45) is 1.47. The Balaban J connectivity index is 2.30. The third-order valence-electron chi connectivity index (χ3n) is 4.00. The number of aryl methyl sites for hydroxylation is 1. The van der Waals surface area contributed by atoms with Gasteiger partial charge in [0.05, 0.1) is 11.7 Å². The number of nitrogens with zero attached hydrogens (tertiary/aromatic N) is 1. The minimum absolute atomic E-state index is 0.0139. The molecule has 0 saturated heterocycles. The van der Waals surface area contributed by atoms with Gasteiger partial charge < -0.3 is 4.90 Å². The molecule has 0 unspecified atom stereocenters. The lowest BCUT2D eigenvalue weighted by molar-refractivity contribution is -0.119. The second-order valence-corrected chi connectivity index (χ2v) is 8.38. The highest BCUT2D eigenvalue weighted by atomic mass is 32.2. The lowest BCUT2D eigenvalue weighted by Gasteiger charge is -2.24. The van der Waals surface area contributed by atoms with Gasteiger partial charge in [-0.2, -0.15) is 0 Å². The third-order valence-corrected chi connectivity index (χ3v) is 4.97. The molecular weight excluding hydrogens is 322 g/mol. The van der Waals surface area contributed by atoms with Gasteiger partial charge in [-0.3, -0.25) is 4.79 Å². The van der Waals surface area contributed by atoms with Crippen molar-refractivity contribution in [2.75, 3.05) is 24.0 Å². The van der Waals surface area contributed by atoms with Gasteiger partial charge in [-0.1, -0.05) is 42.5 Å². The highest BCUT2D eigenvalue weighted by Crippen LogP contribution is 2.25. The highest BCUT2D eigenvalue weighted by molar-refractivity contribution is 7.90. The van der Waals surface area contributed by atoms with E-state index in [-0.39, 0.29) is 18.1 Å². The summed E-state index contributed by atoms with van der Waals surface area (Å²) in [4.78, 5) is 14.6. The molecule has 0 spiro atoms. The van der Waals surface area contributed by atoms with Gasteiger partial charge in [-0.05, 0) is 36.6 Å². The van der Waals surface area contributed by atoms with E-state index in [0.717, 1.165) is 16.8 Å². The van der Waals surface area contributed by atoms with Crippen LogP contribution in [-0.2, 0) is 14.6 Å². The SMILES string of the molecule is Cc1cccc(N(C)C(=O)[C@H](CCS(C)(=O)=O)c2ccccc2)c1. The van der Waals surface area contributed by atoms with Crippen molar-refractivity contribution in [3.63, 3.8) is 0 Å². The van der Waals surface area contributed by atoms with Crippen molar-refractivity contribution >= 4 is 21.4 Å². The summed E-state index contributed by atoms with van der Waals surface area (Å²) in [6, 6.07) is 17.0. The van der Waals surface area contributed by atoms with Crippen molar-refractivity contribution < 1.29 is 13.2 Å². The molecule has 0 aromatic heterocycles. The third kappa shape index (κ3) is 4.93. The van der Waals surface area contributed by atoms with E-state index in [4.69, 9.17) is 0 Å². The van der Waals surface area contributed by atoms with Crippen molar-refractivity contribution in [1.82, 2.24) is 0 Å². The van der Waals surface area contributed by atoms with Crippen LogP contribution in [0, 0.1) is 6.92 Å². The van der Waals surface area contributed by atoms with E-state index in [1.165, 1.54) is 6.26 Å². The van der Waals surface area contributed by atoms with Crippen LogP contribution in [0.1, 0.15) is 23.5 Å². The quantitative estimate of drug-likeness (QED) is 0.808. The summed E-state index contributed by atoms with van der Waals surface area (Å²) < 4.78 is 23.1. The molecule has 4 nitrogen and oxygen atoms in total. The Labute approximate surface area is 144 Å². The number of sulfone groups is 1. The van der Waals surface area contributed by atoms with Crippen molar-refractivity contribution in [2.24, 2.45) is 0 Å². The van der Waals surface area contributed by atoms with Gasteiger partial charge >= 0.3 is 0 Å². The molecule has 0 N–H and O–H groups in total. The van der Waals surface area contributed by atoms with Crippen LogP contribution in [0.4, 0.5) is 5.69 Å².